The average Bonchev–Trinajstić information content (AvgIpc) is 2.90. The lowest BCUT2D eigenvalue weighted by atomic mass is 9.90. The zero-order valence-corrected chi connectivity index (χ0v) is 12.1. The fourth-order valence-electron chi connectivity index (χ4n) is 2.52. The monoisotopic (exact) mass is 292 g/mol. The second-order valence-corrected chi connectivity index (χ2v) is 5.74. The Bertz CT molecular complexity index is 568. The van der Waals surface area contributed by atoms with Crippen LogP contribution >= 0.6 is 11.6 Å². The van der Waals surface area contributed by atoms with Crippen molar-refractivity contribution in [3.8, 4) is 0 Å². The Balaban J connectivity index is 1.71. The Morgan fingerprint density at radius 1 is 1.30 bits per heavy atom. The van der Waals surface area contributed by atoms with Crippen LogP contribution in [0.25, 0.3) is 0 Å². The fraction of sp³-hybridized carbons (Fsp3) is 0.467. The molecule has 4 nitrogen and oxygen atoms in total. The molecule has 106 valence electrons. The van der Waals surface area contributed by atoms with Crippen LogP contribution in [0, 0.1) is 5.92 Å². The van der Waals surface area contributed by atoms with Crippen LogP contribution in [-0.4, -0.2) is 23.4 Å². The molecule has 2 heterocycles. The van der Waals surface area contributed by atoms with Gasteiger partial charge in [0.2, 0.25) is 5.89 Å². The molecule has 0 unspecified atom stereocenters. The first-order valence-corrected chi connectivity index (χ1v) is 7.25. The van der Waals surface area contributed by atoms with Gasteiger partial charge in [0, 0.05) is 30.6 Å². The van der Waals surface area contributed by atoms with Gasteiger partial charge in [-0.05, 0) is 30.0 Å². The van der Waals surface area contributed by atoms with E-state index in [1.807, 2.05) is 24.3 Å². The molecule has 1 aromatic heterocycles. The van der Waals surface area contributed by atoms with Crippen molar-refractivity contribution < 1.29 is 9.26 Å². The van der Waals surface area contributed by atoms with Crippen molar-refractivity contribution in [2.75, 3.05) is 13.2 Å². The molecule has 1 aliphatic rings. The zero-order valence-electron chi connectivity index (χ0n) is 11.4. The molecule has 1 fully saturated rings. The van der Waals surface area contributed by atoms with E-state index in [-0.39, 0.29) is 0 Å². The first-order chi connectivity index (χ1) is 9.72. The predicted octanol–water partition coefficient (Wildman–Crippen LogP) is 3.45. The van der Waals surface area contributed by atoms with Gasteiger partial charge >= 0.3 is 0 Å². The van der Waals surface area contributed by atoms with Gasteiger partial charge in [-0.25, -0.2) is 0 Å². The van der Waals surface area contributed by atoms with Crippen LogP contribution in [0.1, 0.15) is 36.5 Å². The van der Waals surface area contributed by atoms with Gasteiger partial charge in [0.1, 0.15) is 0 Å². The van der Waals surface area contributed by atoms with Crippen molar-refractivity contribution in [1.82, 2.24) is 10.1 Å². The lowest BCUT2D eigenvalue weighted by molar-refractivity contribution is 0.0392. The van der Waals surface area contributed by atoms with Crippen molar-refractivity contribution in [2.24, 2.45) is 5.92 Å². The van der Waals surface area contributed by atoms with Crippen LogP contribution in [0.15, 0.2) is 28.8 Å². The molecule has 0 saturated carbocycles. The van der Waals surface area contributed by atoms with Crippen molar-refractivity contribution in [3.05, 3.63) is 46.6 Å². The summed E-state index contributed by atoms with van der Waals surface area (Å²) >= 11 is 5.87. The highest BCUT2D eigenvalue weighted by Gasteiger charge is 2.28. The van der Waals surface area contributed by atoms with Gasteiger partial charge < -0.3 is 9.26 Å². The minimum absolute atomic E-state index is 0.315. The number of rotatable bonds is 3. The van der Waals surface area contributed by atoms with Crippen LogP contribution in [-0.2, 0) is 11.2 Å². The summed E-state index contributed by atoms with van der Waals surface area (Å²) in [5.41, 5.74) is 1.13. The number of nitrogens with zero attached hydrogens (tertiary/aromatic N) is 2. The summed E-state index contributed by atoms with van der Waals surface area (Å²) in [4.78, 5) is 4.54. The zero-order chi connectivity index (χ0) is 13.9. The van der Waals surface area contributed by atoms with E-state index in [9.17, 15) is 0 Å². The fourth-order valence-corrected chi connectivity index (χ4v) is 2.65. The Hall–Kier alpha value is -1.39. The smallest absolute Gasteiger partial charge is 0.230 e. The third kappa shape index (κ3) is 3.02. The molecule has 0 amide bonds. The van der Waals surface area contributed by atoms with E-state index in [1.54, 1.807) is 0 Å². The lowest BCUT2D eigenvalue weighted by Crippen LogP contribution is -2.23. The first kappa shape index (κ1) is 13.6. The summed E-state index contributed by atoms with van der Waals surface area (Å²) < 4.78 is 10.9. The van der Waals surface area contributed by atoms with E-state index in [0.29, 0.717) is 18.3 Å². The molecule has 0 spiro atoms. The normalized spacial score (nSPS) is 22.9. The second-order valence-electron chi connectivity index (χ2n) is 5.30. The maximum Gasteiger partial charge on any atom is 0.230 e. The Labute approximate surface area is 123 Å². The summed E-state index contributed by atoms with van der Waals surface area (Å²) in [5, 5.41) is 4.82. The molecule has 3 rings (SSSR count). The Morgan fingerprint density at radius 3 is 2.85 bits per heavy atom. The van der Waals surface area contributed by atoms with Crippen LogP contribution < -0.4 is 0 Å². The van der Waals surface area contributed by atoms with E-state index in [2.05, 4.69) is 17.1 Å². The van der Waals surface area contributed by atoms with E-state index >= 15 is 0 Å². The highest BCUT2D eigenvalue weighted by Crippen LogP contribution is 2.30. The summed E-state index contributed by atoms with van der Waals surface area (Å²) in [7, 11) is 0. The lowest BCUT2D eigenvalue weighted by Gasteiger charge is -2.25. The minimum Gasteiger partial charge on any atom is -0.381 e. The average molecular weight is 293 g/mol. The Morgan fingerprint density at radius 2 is 2.10 bits per heavy atom. The van der Waals surface area contributed by atoms with Gasteiger partial charge in [-0.15, -0.1) is 0 Å². The van der Waals surface area contributed by atoms with Crippen LogP contribution in [0.4, 0.5) is 0 Å². The molecule has 2 aromatic rings. The SMILES string of the molecule is C[C@H]1COCC[C@H]1c1nc(Cc2ccc(Cl)cc2)no1. The molecule has 0 aliphatic carbocycles. The van der Waals surface area contributed by atoms with Crippen LogP contribution in [0.5, 0.6) is 0 Å². The predicted molar refractivity (Wildman–Crippen MR) is 75.9 cm³/mol. The van der Waals surface area contributed by atoms with E-state index < -0.39 is 0 Å². The number of benzene rings is 1. The summed E-state index contributed by atoms with van der Waals surface area (Å²) in [6.07, 6.45) is 1.61. The molecule has 0 N–H and O–H groups in total. The van der Waals surface area contributed by atoms with E-state index in [4.69, 9.17) is 20.9 Å². The quantitative estimate of drug-likeness (QED) is 0.869. The molecule has 0 bridgehead atoms. The first-order valence-electron chi connectivity index (χ1n) is 6.87. The van der Waals surface area contributed by atoms with Gasteiger partial charge in [-0.1, -0.05) is 35.8 Å². The molecule has 20 heavy (non-hydrogen) atoms. The van der Waals surface area contributed by atoms with E-state index in [1.165, 1.54) is 0 Å². The molecule has 1 aromatic carbocycles. The van der Waals surface area contributed by atoms with Gasteiger partial charge in [0.25, 0.3) is 0 Å². The number of aromatic nitrogens is 2. The van der Waals surface area contributed by atoms with Crippen LogP contribution in [0.2, 0.25) is 5.02 Å². The highest BCUT2D eigenvalue weighted by atomic mass is 35.5. The maximum absolute atomic E-state index is 5.87. The van der Waals surface area contributed by atoms with Crippen molar-refractivity contribution in [2.45, 2.75) is 25.7 Å². The van der Waals surface area contributed by atoms with Crippen LogP contribution in [0.3, 0.4) is 0 Å². The molecule has 0 radical (unpaired) electrons. The standard InChI is InChI=1S/C15H17ClN2O2/c1-10-9-19-7-6-13(10)15-17-14(18-20-15)8-11-2-4-12(16)5-3-11/h2-5,10,13H,6-9H2,1H3/t10-,13+/m0/s1. The van der Waals surface area contributed by atoms with Crippen molar-refractivity contribution in [3.63, 3.8) is 0 Å². The molecular weight excluding hydrogens is 276 g/mol. The molecular formula is C15H17ClN2O2. The van der Waals surface area contributed by atoms with Gasteiger partial charge in [0.05, 0.1) is 0 Å². The summed E-state index contributed by atoms with van der Waals surface area (Å²) in [6.45, 7) is 3.69. The maximum atomic E-state index is 5.87. The molecule has 5 heteroatoms. The number of halogens is 1. The third-order valence-corrected chi connectivity index (χ3v) is 3.97. The molecule has 1 aliphatic heterocycles. The summed E-state index contributed by atoms with van der Waals surface area (Å²) in [6, 6.07) is 7.71. The molecule has 1 saturated heterocycles. The van der Waals surface area contributed by atoms with Crippen molar-refractivity contribution >= 4 is 11.6 Å². The van der Waals surface area contributed by atoms with Gasteiger partial charge in [-0.3, -0.25) is 0 Å². The second kappa shape index (κ2) is 5.94. The van der Waals surface area contributed by atoms with Crippen molar-refractivity contribution in [1.29, 1.82) is 0 Å². The topological polar surface area (TPSA) is 48.2 Å². The van der Waals surface area contributed by atoms with E-state index in [0.717, 1.165) is 41.9 Å². The Kier molecular flexibility index (Phi) is 4.03. The number of hydrogen-bond donors (Lipinski definition) is 0. The summed E-state index contributed by atoms with van der Waals surface area (Å²) in [5.74, 6) is 2.20. The molecule has 2 atom stereocenters. The highest BCUT2D eigenvalue weighted by molar-refractivity contribution is 6.30. The number of hydrogen-bond acceptors (Lipinski definition) is 4. The third-order valence-electron chi connectivity index (χ3n) is 3.72. The van der Waals surface area contributed by atoms with Gasteiger partial charge in [-0.2, -0.15) is 4.98 Å². The number of ether oxygens (including phenoxy) is 1. The largest absolute Gasteiger partial charge is 0.381 e. The minimum atomic E-state index is 0.315. The van der Waals surface area contributed by atoms with Gasteiger partial charge in [0.15, 0.2) is 5.82 Å².